The topological polar surface area (TPSA) is 118 Å². The van der Waals surface area contributed by atoms with E-state index < -0.39 is 32.5 Å². The third-order valence-corrected chi connectivity index (χ3v) is 6.17. The van der Waals surface area contributed by atoms with E-state index in [1.54, 1.807) is 13.8 Å². The number of hydrogen-bond acceptors (Lipinski definition) is 5. The monoisotopic (exact) mass is 379 g/mol. The van der Waals surface area contributed by atoms with Crippen LogP contribution in [0.25, 0.3) is 0 Å². The van der Waals surface area contributed by atoms with E-state index in [1.165, 1.54) is 55.2 Å². The Balaban J connectivity index is 2.17. The van der Waals surface area contributed by atoms with Gasteiger partial charge in [0.2, 0.25) is 0 Å². The van der Waals surface area contributed by atoms with Crippen LogP contribution in [0.1, 0.15) is 38.1 Å². The van der Waals surface area contributed by atoms with Crippen molar-refractivity contribution in [2.45, 2.75) is 43.4 Å². The maximum absolute atomic E-state index is 12.3. The summed E-state index contributed by atoms with van der Waals surface area (Å²) in [6, 6.07) is 5.63. The molecule has 1 heterocycles. The van der Waals surface area contributed by atoms with Crippen LogP contribution in [0.2, 0.25) is 0 Å². The molecule has 2 rings (SSSR count). The molecule has 0 spiro atoms. The predicted molar refractivity (Wildman–Crippen MR) is 95.9 cm³/mol. The summed E-state index contributed by atoms with van der Waals surface area (Å²) < 4.78 is 25.4. The van der Waals surface area contributed by atoms with Gasteiger partial charge in [-0.3, -0.25) is 9.48 Å². The van der Waals surface area contributed by atoms with Gasteiger partial charge in [0, 0.05) is 11.8 Å². The number of nitrogens with zero attached hydrogens (tertiary/aromatic N) is 2. The number of amides is 1. The summed E-state index contributed by atoms with van der Waals surface area (Å²) in [5.41, 5.74) is -0.642. The number of aromatic nitrogens is 2. The Hall–Kier alpha value is -2.68. The summed E-state index contributed by atoms with van der Waals surface area (Å²) in [6.07, 6.45) is 2.77. The molecule has 0 saturated carbocycles. The highest BCUT2D eigenvalue weighted by atomic mass is 32.2. The summed E-state index contributed by atoms with van der Waals surface area (Å²) in [7, 11) is -3.40. The highest BCUT2D eigenvalue weighted by Crippen LogP contribution is 2.19. The standard InChI is InChI=1S/C17H21N3O5S/c1-11(2)26(24,25)14-7-5-12(6-8-14)15(21)19-13-9-18-20(10-13)17(3,4)16(22)23/h5-11H,1-4H3,(H,19,21)(H,22,23). The third kappa shape index (κ3) is 3.77. The lowest BCUT2D eigenvalue weighted by Crippen LogP contribution is -2.35. The molecule has 1 aromatic carbocycles. The number of rotatable bonds is 6. The van der Waals surface area contributed by atoms with E-state index in [0.29, 0.717) is 5.69 Å². The minimum atomic E-state index is -3.40. The number of benzene rings is 1. The van der Waals surface area contributed by atoms with Crippen molar-refractivity contribution in [1.82, 2.24) is 9.78 Å². The average Bonchev–Trinajstić information content (AvgIpc) is 3.03. The lowest BCUT2D eigenvalue weighted by molar-refractivity contribution is -0.146. The van der Waals surface area contributed by atoms with Gasteiger partial charge in [0.05, 0.1) is 22.0 Å². The van der Waals surface area contributed by atoms with Crippen LogP contribution < -0.4 is 5.32 Å². The molecular formula is C17H21N3O5S. The van der Waals surface area contributed by atoms with Crippen LogP contribution in [0.4, 0.5) is 5.69 Å². The second-order valence-corrected chi connectivity index (χ2v) is 9.11. The zero-order chi connectivity index (χ0) is 19.7. The number of hydrogen-bond donors (Lipinski definition) is 2. The maximum atomic E-state index is 12.3. The van der Waals surface area contributed by atoms with Crippen molar-refractivity contribution in [2.24, 2.45) is 0 Å². The molecule has 1 amide bonds. The molecular weight excluding hydrogens is 358 g/mol. The fourth-order valence-corrected chi connectivity index (χ4v) is 3.12. The highest BCUT2D eigenvalue weighted by molar-refractivity contribution is 7.92. The Morgan fingerprint density at radius 1 is 1.19 bits per heavy atom. The van der Waals surface area contributed by atoms with Crippen LogP contribution >= 0.6 is 0 Å². The molecule has 2 N–H and O–H groups in total. The largest absolute Gasteiger partial charge is 0.479 e. The van der Waals surface area contributed by atoms with Gasteiger partial charge >= 0.3 is 5.97 Å². The number of aliphatic carboxylic acids is 1. The molecule has 0 bridgehead atoms. The first-order valence-electron chi connectivity index (χ1n) is 7.90. The molecule has 0 atom stereocenters. The Kier molecular flexibility index (Phi) is 5.22. The Morgan fingerprint density at radius 3 is 2.27 bits per heavy atom. The highest BCUT2D eigenvalue weighted by Gasteiger charge is 2.30. The summed E-state index contributed by atoms with van der Waals surface area (Å²) in [4.78, 5) is 23.7. The van der Waals surface area contributed by atoms with E-state index in [2.05, 4.69) is 10.4 Å². The zero-order valence-corrected chi connectivity index (χ0v) is 15.7. The molecule has 0 aliphatic heterocycles. The number of sulfone groups is 1. The second-order valence-electron chi connectivity index (χ2n) is 6.61. The fourth-order valence-electron chi connectivity index (χ4n) is 2.06. The second kappa shape index (κ2) is 6.91. The number of carboxylic acids is 1. The van der Waals surface area contributed by atoms with E-state index in [0.717, 1.165) is 0 Å². The minimum Gasteiger partial charge on any atom is -0.479 e. The van der Waals surface area contributed by atoms with Gasteiger partial charge in [0.1, 0.15) is 0 Å². The molecule has 0 unspecified atom stereocenters. The summed E-state index contributed by atoms with van der Waals surface area (Å²) in [6.45, 7) is 6.15. The van der Waals surface area contributed by atoms with Gasteiger partial charge < -0.3 is 10.4 Å². The van der Waals surface area contributed by atoms with Crippen LogP contribution in [-0.2, 0) is 20.2 Å². The quantitative estimate of drug-likeness (QED) is 0.794. The van der Waals surface area contributed by atoms with Crippen molar-refractivity contribution in [3.63, 3.8) is 0 Å². The zero-order valence-electron chi connectivity index (χ0n) is 14.9. The number of anilines is 1. The minimum absolute atomic E-state index is 0.153. The normalized spacial score (nSPS) is 12.2. The fraction of sp³-hybridized carbons (Fsp3) is 0.353. The van der Waals surface area contributed by atoms with Gasteiger partial charge in [-0.15, -0.1) is 0 Å². The van der Waals surface area contributed by atoms with Crippen LogP contribution in [-0.4, -0.2) is 40.4 Å². The summed E-state index contributed by atoms with van der Waals surface area (Å²) in [5.74, 6) is -1.51. The molecule has 1 aromatic heterocycles. The molecule has 9 heteroatoms. The number of carbonyl (C=O) groups excluding carboxylic acids is 1. The Bertz CT molecular complexity index is 928. The first kappa shape index (κ1) is 19.6. The van der Waals surface area contributed by atoms with Gasteiger partial charge in [-0.25, -0.2) is 13.2 Å². The summed E-state index contributed by atoms with van der Waals surface area (Å²) in [5, 5.41) is 15.2. The first-order chi connectivity index (χ1) is 12.0. The maximum Gasteiger partial charge on any atom is 0.331 e. The third-order valence-electron chi connectivity index (χ3n) is 4.00. The number of nitrogens with one attached hydrogen (secondary N) is 1. The van der Waals surface area contributed by atoms with Crippen LogP contribution in [0.15, 0.2) is 41.6 Å². The predicted octanol–water partition coefficient (Wildman–Crippen LogP) is 2.14. The van der Waals surface area contributed by atoms with Crippen molar-refractivity contribution in [3.8, 4) is 0 Å². The van der Waals surface area contributed by atoms with Gasteiger partial charge in [-0.1, -0.05) is 0 Å². The van der Waals surface area contributed by atoms with E-state index in [9.17, 15) is 23.1 Å². The van der Waals surface area contributed by atoms with E-state index in [1.807, 2.05) is 0 Å². The lowest BCUT2D eigenvalue weighted by Gasteiger charge is -2.19. The molecule has 140 valence electrons. The van der Waals surface area contributed by atoms with Gasteiger partial charge in [-0.05, 0) is 52.0 Å². The van der Waals surface area contributed by atoms with Crippen LogP contribution in [0.5, 0.6) is 0 Å². The van der Waals surface area contributed by atoms with E-state index >= 15 is 0 Å². The number of carboxylic acid groups (broad SMARTS) is 1. The molecule has 2 aromatic rings. The molecule has 26 heavy (non-hydrogen) atoms. The smallest absolute Gasteiger partial charge is 0.331 e. The van der Waals surface area contributed by atoms with Gasteiger partial charge in [0.25, 0.3) is 5.91 Å². The van der Waals surface area contributed by atoms with Crippen LogP contribution in [0, 0.1) is 0 Å². The first-order valence-corrected chi connectivity index (χ1v) is 9.44. The van der Waals surface area contributed by atoms with Gasteiger partial charge in [0.15, 0.2) is 15.4 Å². The van der Waals surface area contributed by atoms with Crippen molar-refractivity contribution in [2.75, 3.05) is 5.32 Å². The molecule has 0 aliphatic rings. The number of carbonyl (C=O) groups is 2. The van der Waals surface area contributed by atoms with Gasteiger partial charge in [-0.2, -0.15) is 5.10 Å². The lowest BCUT2D eigenvalue weighted by atomic mass is 10.1. The van der Waals surface area contributed by atoms with Crippen molar-refractivity contribution >= 4 is 27.4 Å². The Morgan fingerprint density at radius 2 is 1.77 bits per heavy atom. The van der Waals surface area contributed by atoms with Crippen LogP contribution in [0.3, 0.4) is 0 Å². The molecule has 0 radical (unpaired) electrons. The Labute approximate surface area is 151 Å². The average molecular weight is 379 g/mol. The van der Waals surface area contributed by atoms with Crippen molar-refractivity contribution < 1.29 is 23.1 Å². The van der Waals surface area contributed by atoms with Crippen molar-refractivity contribution in [3.05, 3.63) is 42.2 Å². The molecule has 8 nitrogen and oxygen atoms in total. The molecule has 0 aliphatic carbocycles. The van der Waals surface area contributed by atoms with Crippen molar-refractivity contribution in [1.29, 1.82) is 0 Å². The summed E-state index contributed by atoms with van der Waals surface area (Å²) >= 11 is 0. The van der Waals surface area contributed by atoms with E-state index in [4.69, 9.17) is 0 Å². The SMILES string of the molecule is CC(C)S(=O)(=O)c1ccc(C(=O)Nc2cnn(C(C)(C)C(=O)O)c2)cc1. The molecule has 0 saturated heterocycles. The molecule has 0 fully saturated rings. The van der Waals surface area contributed by atoms with E-state index in [-0.39, 0.29) is 10.5 Å².